The average Bonchev–Trinajstić information content (AvgIpc) is 2.92. The van der Waals surface area contributed by atoms with Crippen molar-refractivity contribution >= 4 is 17.5 Å². The number of hydrogen-bond acceptors (Lipinski definition) is 3. The van der Waals surface area contributed by atoms with Crippen LogP contribution in [0.5, 0.6) is 0 Å². The highest BCUT2D eigenvalue weighted by molar-refractivity contribution is 5.97. The van der Waals surface area contributed by atoms with Crippen molar-refractivity contribution in [1.82, 2.24) is 5.32 Å². The van der Waals surface area contributed by atoms with E-state index in [2.05, 4.69) is 10.6 Å². The third kappa shape index (κ3) is 3.42. The molecule has 1 atom stereocenters. The zero-order chi connectivity index (χ0) is 14.7. The lowest BCUT2D eigenvalue weighted by Gasteiger charge is -2.12. The number of nitrogens with one attached hydrogen (secondary N) is 2. The number of carbonyl (C=O) groups excluding carboxylic acids is 2. The Balaban J connectivity index is 1.66. The van der Waals surface area contributed by atoms with Gasteiger partial charge in [0.2, 0.25) is 5.91 Å². The van der Waals surface area contributed by atoms with Crippen molar-refractivity contribution in [3.63, 3.8) is 0 Å². The average molecular weight is 288 g/mol. The maximum absolute atomic E-state index is 12.2. The molecule has 2 amide bonds. The number of carbonyl (C=O) groups is 2. The van der Waals surface area contributed by atoms with Gasteiger partial charge in [0.05, 0.1) is 6.10 Å². The van der Waals surface area contributed by atoms with Crippen LogP contribution in [0.4, 0.5) is 5.69 Å². The van der Waals surface area contributed by atoms with Crippen LogP contribution in [0.25, 0.3) is 0 Å². The van der Waals surface area contributed by atoms with Gasteiger partial charge in [0.25, 0.3) is 5.91 Å². The van der Waals surface area contributed by atoms with Crippen LogP contribution >= 0.6 is 0 Å². The van der Waals surface area contributed by atoms with Gasteiger partial charge in [-0.1, -0.05) is 0 Å². The van der Waals surface area contributed by atoms with Gasteiger partial charge in [0, 0.05) is 30.8 Å². The van der Waals surface area contributed by atoms with Gasteiger partial charge < -0.3 is 15.4 Å². The van der Waals surface area contributed by atoms with E-state index < -0.39 is 0 Å². The predicted molar refractivity (Wildman–Crippen MR) is 79.3 cm³/mol. The fourth-order valence-electron chi connectivity index (χ4n) is 2.83. The second-order valence-corrected chi connectivity index (χ2v) is 5.62. The zero-order valence-electron chi connectivity index (χ0n) is 12.0. The maximum Gasteiger partial charge on any atom is 0.251 e. The lowest BCUT2D eigenvalue weighted by Crippen LogP contribution is -2.31. The Hall–Kier alpha value is -1.88. The Kier molecular flexibility index (Phi) is 4.20. The van der Waals surface area contributed by atoms with Crippen molar-refractivity contribution in [3.05, 3.63) is 29.3 Å². The number of ether oxygens (including phenoxy) is 1. The molecule has 0 radical (unpaired) electrons. The molecule has 0 bridgehead atoms. The molecule has 3 rings (SSSR count). The molecule has 1 saturated heterocycles. The molecule has 1 aromatic rings. The van der Waals surface area contributed by atoms with Crippen molar-refractivity contribution in [3.8, 4) is 0 Å². The van der Waals surface area contributed by atoms with Crippen LogP contribution in [0.15, 0.2) is 18.2 Å². The van der Waals surface area contributed by atoms with Crippen molar-refractivity contribution in [2.24, 2.45) is 0 Å². The molecule has 2 N–H and O–H groups in total. The fourth-order valence-corrected chi connectivity index (χ4v) is 2.83. The predicted octanol–water partition coefficient (Wildman–Crippen LogP) is 1.87. The van der Waals surface area contributed by atoms with E-state index in [1.807, 2.05) is 12.1 Å². The van der Waals surface area contributed by atoms with E-state index in [9.17, 15) is 9.59 Å². The van der Waals surface area contributed by atoms with Gasteiger partial charge in [0.1, 0.15) is 0 Å². The molecule has 1 unspecified atom stereocenters. The molecule has 1 aromatic carbocycles. The first-order chi connectivity index (χ1) is 10.2. The Morgan fingerprint density at radius 2 is 2.24 bits per heavy atom. The molecule has 112 valence electrons. The Labute approximate surface area is 124 Å². The van der Waals surface area contributed by atoms with Gasteiger partial charge in [-0.15, -0.1) is 0 Å². The van der Waals surface area contributed by atoms with Gasteiger partial charge in [-0.2, -0.15) is 0 Å². The molecule has 0 aliphatic carbocycles. The summed E-state index contributed by atoms with van der Waals surface area (Å²) in [4.78, 5) is 23.7. The third-order valence-corrected chi connectivity index (χ3v) is 4.01. The highest BCUT2D eigenvalue weighted by Gasteiger charge is 2.18. The van der Waals surface area contributed by atoms with E-state index >= 15 is 0 Å². The molecule has 2 heterocycles. The fraction of sp³-hybridized carbons (Fsp3) is 0.500. The van der Waals surface area contributed by atoms with Crippen molar-refractivity contribution in [2.75, 3.05) is 18.5 Å². The van der Waals surface area contributed by atoms with E-state index in [-0.39, 0.29) is 17.9 Å². The minimum absolute atomic E-state index is 0.0457. The number of hydrogen-bond donors (Lipinski definition) is 2. The van der Waals surface area contributed by atoms with Gasteiger partial charge >= 0.3 is 0 Å². The number of fused-ring (bicyclic) bond motifs is 1. The molecule has 0 saturated carbocycles. The summed E-state index contributed by atoms with van der Waals surface area (Å²) in [5.41, 5.74) is 2.50. The zero-order valence-corrected chi connectivity index (χ0v) is 12.0. The Bertz CT molecular complexity index is 550. The summed E-state index contributed by atoms with van der Waals surface area (Å²) in [5, 5.41) is 5.80. The van der Waals surface area contributed by atoms with E-state index in [0.29, 0.717) is 18.5 Å². The molecular formula is C16H20N2O3. The normalized spacial score (nSPS) is 21.3. The number of anilines is 1. The number of rotatable bonds is 3. The van der Waals surface area contributed by atoms with Crippen LogP contribution in [0.2, 0.25) is 0 Å². The quantitative estimate of drug-likeness (QED) is 0.892. The van der Waals surface area contributed by atoms with Crippen LogP contribution in [0.1, 0.15) is 41.6 Å². The molecule has 1 fully saturated rings. The SMILES string of the molecule is O=C1CCCc2cc(C(=O)NCC3CCCO3)ccc2N1. The summed E-state index contributed by atoms with van der Waals surface area (Å²) in [6, 6.07) is 5.46. The van der Waals surface area contributed by atoms with Gasteiger partial charge in [-0.3, -0.25) is 9.59 Å². The summed E-state index contributed by atoms with van der Waals surface area (Å²) in [5.74, 6) is -0.0341. The second-order valence-electron chi connectivity index (χ2n) is 5.62. The standard InChI is InChI=1S/C16H20N2O3/c19-15-5-1-3-11-9-12(6-7-14(11)18-15)16(20)17-10-13-4-2-8-21-13/h6-7,9,13H,1-5,8,10H2,(H,17,20)(H,18,19). The van der Waals surface area contributed by atoms with Gasteiger partial charge in [0.15, 0.2) is 0 Å². The van der Waals surface area contributed by atoms with Crippen LogP contribution in [-0.4, -0.2) is 31.1 Å². The lowest BCUT2D eigenvalue weighted by molar-refractivity contribution is -0.116. The number of aryl methyl sites for hydroxylation is 1. The highest BCUT2D eigenvalue weighted by Crippen LogP contribution is 2.23. The molecule has 5 nitrogen and oxygen atoms in total. The monoisotopic (exact) mass is 288 g/mol. The first-order valence-electron chi connectivity index (χ1n) is 7.55. The summed E-state index contributed by atoms with van der Waals surface area (Å²) in [7, 11) is 0. The third-order valence-electron chi connectivity index (χ3n) is 4.01. The first kappa shape index (κ1) is 14.1. The van der Waals surface area contributed by atoms with E-state index in [1.54, 1.807) is 6.07 Å². The lowest BCUT2D eigenvalue weighted by atomic mass is 10.0. The first-order valence-corrected chi connectivity index (χ1v) is 7.55. The number of amides is 2. The molecule has 5 heteroatoms. The van der Waals surface area contributed by atoms with E-state index in [1.165, 1.54) is 0 Å². The van der Waals surface area contributed by atoms with E-state index in [4.69, 9.17) is 4.74 Å². The molecule has 2 aliphatic rings. The summed E-state index contributed by atoms with van der Waals surface area (Å²) >= 11 is 0. The highest BCUT2D eigenvalue weighted by atomic mass is 16.5. The minimum atomic E-state index is -0.0797. The molecule has 0 spiro atoms. The number of benzene rings is 1. The van der Waals surface area contributed by atoms with Crippen LogP contribution in [0.3, 0.4) is 0 Å². The smallest absolute Gasteiger partial charge is 0.251 e. The summed E-state index contributed by atoms with van der Waals surface area (Å²) in [6.07, 6.45) is 4.40. The largest absolute Gasteiger partial charge is 0.376 e. The molecule has 21 heavy (non-hydrogen) atoms. The summed E-state index contributed by atoms with van der Waals surface area (Å²) < 4.78 is 5.50. The molecule has 2 aliphatic heterocycles. The van der Waals surface area contributed by atoms with Gasteiger partial charge in [-0.05, 0) is 49.4 Å². The van der Waals surface area contributed by atoms with Crippen LogP contribution in [-0.2, 0) is 16.0 Å². The molecule has 0 aromatic heterocycles. The minimum Gasteiger partial charge on any atom is -0.376 e. The Morgan fingerprint density at radius 3 is 3.05 bits per heavy atom. The molecular weight excluding hydrogens is 268 g/mol. The summed E-state index contributed by atoms with van der Waals surface area (Å²) in [6.45, 7) is 1.35. The Morgan fingerprint density at radius 1 is 1.33 bits per heavy atom. The van der Waals surface area contributed by atoms with Crippen molar-refractivity contribution in [2.45, 2.75) is 38.2 Å². The van der Waals surface area contributed by atoms with Crippen LogP contribution in [0, 0.1) is 0 Å². The van der Waals surface area contributed by atoms with Crippen LogP contribution < -0.4 is 10.6 Å². The van der Waals surface area contributed by atoms with E-state index in [0.717, 1.165) is 43.5 Å². The van der Waals surface area contributed by atoms with Crippen molar-refractivity contribution < 1.29 is 14.3 Å². The maximum atomic E-state index is 12.2. The van der Waals surface area contributed by atoms with Gasteiger partial charge in [-0.25, -0.2) is 0 Å². The van der Waals surface area contributed by atoms with Crippen molar-refractivity contribution in [1.29, 1.82) is 0 Å². The second kappa shape index (κ2) is 6.26. The topological polar surface area (TPSA) is 67.4 Å².